The quantitative estimate of drug-likeness (QED) is 0.852. The molecule has 4 nitrogen and oxygen atoms in total. The lowest BCUT2D eigenvalue weighted by molar-refractivity contribution is 0.384. The number of hydrogen-bond donors (Lipinski definition) is 1. The van der Waals surface area contributed by atoms with Crippen LogP contribution in [0.4, 0.5) is 4.39 Å². The molecule has 1 N–H and O–H groups in total. The molecule has 1 aromatic carbocycles. The highest BCUT2D eigenvalue weighted by atomic mass is 19.1. The highest BCUT2D eigenvalue weighted by Gasteiger charge is 2.15. The first-order chi connectivity index (χ1) is 10.1. The summed E-state index contributed by atoms with van der Waals surface area (Å²) in [7, 11) is 3.38. The first kappa shape index (κ1) is 15.5. The van der Waals surface area contributed by atoms with Gasteiger partial charge < -0.3 is 10.1 Å². The molecule has 0 aliphatic carbocycles. The van der Waals surface area contributed by atoms with Crippen LogP contribution in [0.25, 0.3) is 0 Å². The van der Waals surface area contributed by atoms with E-state index in [0.29, 0.717) is 0 Å². The zero-order valence-electron chi connectivity index (χ0n) is 12.8. The van der Waals surface area contributed by atoms with Gasteiger partial charge in [0.25, 0.3) is 0 Å². The smallest absolute Gasteiger partial charge is 0.165 e. The minimum Gasteiger partial charge on any atom is -0.494 e. The second kappa shape index (κ2) is 7.22. The van der Waals surface area contributed by atoms with Crippen molar-refractivity contribution in [1.29, 1.82) is 0 Å². The van der Waals surface area contributed by atoms with E-state index in [9.17, 15) is 4.39 Å². The van der Waals surface area contributed by atoms with Gasteiger partial charge in [0.15, 0.2) is 11.6 Å². The van der Waals surface area contributed by atoms with Crippen LogP contribution in [0.1, 0.15) is 30.6 Å². The largest absolute Gasteiger partial charge is 0.494 e. The van der Waals surface area contributed by atoms with E-state index in [0.717, 1.165) is 30.6 Å². The fraction of sp³-hybridized carbons (Fsp3) is 0.438. The van der Waals surface area contributed by atoms with Crippen LogP contribution in [0.5, 0.6) is 5.75 Å². The molecule has 1 unspecified atom stereocenters. The Balaban J connectivity index is 2.22. The third kappa shape index (κ3) is 4.04. The second-order valence-electron chi connectivity index (χ2n) is 5.09. The molecule has 2 rings (SSSR count). The van der Waals surface area contributed by atoms with Gasteiger partial charge in [0.1, 0.15) is 0 Å². The molecule has 1 aromatic heterocycles. The summed E-state index contributed by atoms with van der Waals surface area (Å²) >= 11 is 0. The van der Waals surface area contributed by atoms with Crippen molar-refractivity contribution >= 4 is 0 Å². The standard InChI is InChI=1S/C16H22FN3O/c1-4-8-18-15(11-13-7-9-20(2)19-13)12-5-6-14(17)16(10-12)21-3/h5-7,9-10,15,18H,4,8,11H2,1-3H3. The molecule has 114 valence electrons. The summed E-state index contributed by atoms with van der Waals surface area (Å²) < 4.78 is 20.4. The van der Waals surface area contributed by atoms with E-state index >= 15 is 0 Å². The first-order valence-electron chi connectivity index (χ1n) is 7.19. The number of ether oxygens (including phenoxy) is 1. The normalized spacial score (nSPS) is 12.4. The summed E-state index contributed by atoms with van der Waals surface area (Å²) in [6.45, 7) is 3.02. The lowest BCUT2D eigenvalue weighted by Gasteiger charge is -2.19. The summed E-state index contributed by atoms with van der Waals surface area (Å²) in [5.74, 6) is -0.0647. The lowest BCUT2D eigenvalue weighted by atomic mass is 10.0. The Morgan fingerprint density at radius 1 is 1.38 bits per heavy atom. The molecule has 0 spiro atoms. The molecule has 2 aromatic rings. The predicted molar refractivity (Wildman–Crippen MR) is 80.9 cm³/mol. The fourth-order valence-electron chi connectivity index (χ4n) is 2.30. The summed E-state index contributed by atoms with van der Waals surface area (Å²) in [4.78, 5) is 0. The monoisotopic (exact) mass is 291 g/mol. The van der Waals surface area contributed by atoms with E-state index in [1.807, 2.05) is 19.3 Å². The Morgan fingerprint density at radius 2 is 2.19 bits per heavy atom. The minimum atomic E-state index is -0.340. The highest BCUT2D eigenvalue weighted by molar-refractivity contribution is 5.32. The van der Waals surface area contributed by atoms with Gasteiger partial charge in [0.2, 0.25) is 0 Å². The maximum Gasteiger partial charge on any atom is 0.165 e. The number of nitrogens with one attached hydrogen (secondary N) is 1. The van der Waals surface area contributed by atoms with Crippen molar-refractivity contribution < 1.29 is 9.13 Å². The van der Waals surface area contributed by atoms with Gasteiger partial charge in [-0.1, -0.05) is 13.0 Å². The summed E-state index contributed by atoms with van der Waals surface area (Å²) in [5.41, 5.74) is 2.02. The number of aromatic nitrogens is 2. The molecule has 0 fully saturated rings. The van der Waals surface area contributed by atoms with Crippen LogP contribution >= 0.6 is 0 Å². The Labute approximate surface area is 124 Å². The highest BCUT2D eigenvalue weighted by Crippen LogP contribution is 2.24. The Kier molecular flexibility index (Phi) is 5.33. The molecule has 1 atom stereocenters. The SMILES string of the molecule is CCCNC(Cc1ccn(C)n1)c1ccc(F)c(OC)c1. The zero-order valence-corrected chi connectivity index (χ0v) is 12.8. The molecule has 0 aliphatic rings. The topological polar surface area (TPSA) is 39.1 Å². The maximum absolute atomic E-state index is 13.6. The average molecular weight is 291 g/mol. The van der Waals surface area contributed by atoms with Crippen LogP contribution < -0.4 is 10.1 Å². The molecule has 0 saturated carbocycles. The van der Waals surface area contributed by atoms with Crippen LogP contribution in [-0.4, -0.2) is 23.4 Å². The zero-order chi connectivity index (χ0) is 15.2. The third-order valence-corrected chi connectivity index (χ3v) is 3.40. The molecular formula is C16H22FN3O. The van der Waals surface area contributed by atoms with Crippen molar-refractivity contribution in [3.8, 4) is 5.75 Å². The van der Waals surface area contributed by atoms with Crippen molar-refractivity contribution in [2.75, 3.05) is 13.7 Å². The summed E-state index contributed by atoms with van der Waals surface area (Å²) in [5, 5.41) is 7.90. The first-order valence-corrected chi connectivity index (χ1v) is 7.19. The number of halogens is 1. The predicted octanol–water partition coefficient (Wildman–Crippen LogP) is 2.85. The van der Waals surface area contributed by atoms with E-state index in [2.05, 4.69) is 17.3 Å². The molecule has 0 radical (unpaired) electrons. The number of nitrogens with zero attached hydrogens (tertiary/aromatic N) is 2. The van der Waals surface area contributed by atoms with Crippen LogP contribution in [0.2, 0.25) is 0 Å². The van der Waals surface area contributed by atoms with Crippen molar-refractivity contribution in [2.24, 2.45) is 7.05 Å². The van der Waals surface area contributed by atoms with Crippen LogP contribution in [0.15, 0.2) is 30.5 Å². The number of aryl methyl sites for hydroxylation is 1. The summed E-state index contributed by atoms with van der Waals surface area (Å²) in [6, 6.07) is 7.10. The van der Waals surface area contributed by atoms with Crippen LogP contribution in [0.3, 0.4) is 0 Å². The minimum absolute atomic E-state index is 0.0920. The summed E-state index contributed by atoms with van der Waals surface area (Å²) in [6.07, 6.45) is 3.73. The van der Waals surface area contributed by atoms with E-state index in [4.69, 9.17) is 4.74 Å². The van der Waals surface area contributed by atoms with E-state index in [1.165, 1.54) is 13.2 Å². The van der Waals surface area contributed by atoms with Gasteiger partial charge in [0.05, 0.1) is 12.8 Å². The van der Waals surface area contributed by atoms with E-state index < -0.39 is 0 Å². The van der Waals surface area contributed by atoms with Gasteiger partial charge in [-0.3, -0.25) is 4.68 Å². The van der Waals surface area contributed by atoms with Crippen molar-refractivity contribution in [1.82, 2.24) is 15.1 Å². The van der Waals surface area contributed by atoms with Crippen molar-refractivity contribution in [3.63, 3.8) is 0 Å². The van der Waals surface area contributed by atoms with E-state index in [-0.39, 0.29) is 17.6 Å². The van der Waals surface area contributed by atoms with Gasteiger partial charge in [0, 0.05) is 25.7 Å². The second-order valence-corrected chi connectivity index (χ2v) is 5.09. The Morgan fingerprint density at radius 3 is 2.81 bits per heavy atom. The molecule has 0 aliphatic heterocycles. The van der Waals surface area contributed by atoms with Gasteiger partial charge in [-0.25, -0.2) is 4.39 Å². The van der Waals surface area contributed by atoms with Gasteiger partial charge in [-0.2, -0.15) is 5.10 Å². The molecule has 1 heterocycles. The van der Waals surface area contributed by atoms with Gasteiger partial charge >= 0.3 is 0 Å². The van der Waals surface area contributed by atoms with Crippen molar-refractivity contribution in [2.45, 2.75) is 25.8 Å². The number of methoxy groups -OCH3 is 1. The molecule has 0 amide bonds. The third-order valence-electron chi connectivity index (χ3n) is 3.40. The Hall–Kier alpha value is -1.88. The van der Waals surface area contributed by atoms with Crippen LogP contribution in [-0.2, 0) is 13.5 Å². The van der Waals surface area contributed by atoms with Crippen molar-refractivity contribution in [3.05, 3.63) is 47.5 Å². The average Bonchev–Trinajstić information content (AvgIpc) is 2.89. The molecular weight excluding hydrogens is 269 g/mol. The van der Waals surface area contributed by atoms with Crippen LogP contribution in [0, 0.1) is 5.82 Å². The molecule has 5 heteroatoms. The Bertz CT molecular complexity index is 583. The molecule has 21 heavy (non-hydrogen) atoms. The van der Waals surface area contributed by atoms with Gasteiger partial charge in [-0.15, -0.1) is 0 Å². The molecule has 0 saturated heterocycles. The number of rotatable bonds is 7. The van der Waals surface area contributed by atoms with Gasteiger partial charge in [-0.05, 0) is 36.7 Å². The fourth-order valence-corrected chi connectivity index (χ4v) is 2.30. The van der Waals surface area contributed by atoms with E-state index in [1.54, 1.807) is 16.8 Å². The lowest BCUT2D eigenvalue weighted by Crippen LogP contribution is -2.24. The number of hydrogen-bond acceptors (Lipinski definition) is 3. The molecule has 0 bridgehead atoms. The number of benzene rings is 1. The maximum atomic E-state index is 13.6.